The Morgan fingerprint density at radius 1 is 1.42 bits per heavy atom. The van der Waals surface area contributed by atoms with Crippen molar-refractivity contribution in [3.63, 3.8) is 0 Å². The van der Waals surface area contributed by atoms with E-state index in [9.17, 15) is 8.42 Å². The van der Waals surface area contributed by atoms with Gasteiger partial charge in [-0.15, -0.1) is 0 Å². The molecule has 19 heavy (non-hydrogen) atoms. The first-order valence-electron chi connectivity index (χ1n) is 5.48. The van der Waals surface area contributed by atoms with Crippen LogP contribution >= 0.6 is 23.8 Å². The summed E-state index contributed by atoms with van der Waals surface area (Å²) in [6, 6.07) is 2.42. The molecule has 0 aromatic heterocycles. The molecule has 0 atom stereocenters. The molecule has 0 aliphatic rings. The number of nitrogens with two attached hydrogens (primary N) is 2. The summed E-state index contributed by atoms with van der Waals surface area (Å²) in [7, 11) is -3.89. The smallest absolute Gasteiger partial charge is 0.268 e. The van der Waals surface area contributed by atoms with Crippen LogP contribution in [0.15, 0.2) is 17.0 Å². The Balaban J connectivity index is 3.51. The van der Waals surface area contributed by atoms with Gasteiger partial charge in [-0.3, -0.25) is 0 Å². The molecule has 0 aliphatic carbocycles. The van der Waals surface area contributed by atoms with Gasteiger partial charge in [0.05, 0.1) is 5.69 Å². The normalized spacial score (nSPS) is 11.6. The van der Waals surface area contributed by atoms with Crippen molar-refractivity contribution < 1.29 is 8.42 Å². The summed E-state index contributed by atoms with van der Waals surface area (Å²) in [5.74, 6) is 0. The highest BCUT2D eigenvalue weighted by Gasteiger charge is 2.30. The van der Waals surface area contributed by atoms with Crippen LogP contribution in [0.25, 0.3) is 0 Å². The highest BCUT2D eigenvalue weighted by atomic mass is 35.5. The van der Waals surface area contributed by atoms with E-state index in [0.717, 1.165) is 4.31 Å². The summed E-state index contributed by atoms with van der Waals surface area (Å²) in [6.07, 6.45) is 0. The van der Waals surface area contributed by atoms with E-state index < -0.39 is 16.1 Å². The Morgan fingerprint density at radius 2 is 1.95 bits per heavy atom. The fraction of sp³-hybridized carbons (Fsp3) is 0.364. The number of halogens is 1. The molecule has 1 aromatic rings. The first-order valence-corrected chi connectivity index (χ1v) is 7.71. The molecule has 5 nitrogen and oxygen atoms in total. The second-order valence-corrected chi connectivity index (χ2v) is 6.98. The molecule has 0 amide bonds. The van der Waals surface area contributed by atoms with Crippen LogP contribution in [0.1, 0.15) is 19.4 Å². The van der Waals surface area contributed by atoms with Gasteiger partial charge in [-0.25, -0.2) is 12.7 Å². The fourth-order valence-corrected chi connectivity index (χ4v) is 4.01. The topological polar surface area (TPSA) is 89.4 Å². The third-order valence-electron chi connectivity index (χ3n) is 2.51. The number of hydrogen-bond acceptors (Lipinski definition) is 4. The largest absolute Gasteiger partial charge is 0.398 e. The summed E-state index contributed by atoms with van der Waals surface area (Å²) >= 11 is 10.7. The lowest BCUT2D eigenvalue weighted by Crippen LogP contribution is -2.45. The quantitative estimate of drug-likeness (QED) is 0.655. The lowest BCUT2D eigenvalue weighted by molar-refractivity contribution is 0.473. The maximum Gasteiger partial charge on any atom is 0.268 e. The fourth-order valence-electron chi connectivity index (χ4n) is 1.65. The molecule has 4 N–H and O–H groups in total. The van der Waals surface area contributed by atoms with Gasteiger partial charge < -0.3 is 11.5 Å². The minimum atomic E-state index is -3.89. The van der Waals surface area contributed by atoms with Gasteiger partial charge in [0.25, 0.3) is 10.0 Å². The monoisotopic (exact) mass is 321 g/mol. The zero-order valence-electron chi connectivity index (χ0n) is 10.8. The van der Waals surface area contributed by atoms with E-state index in [1.54, 1.807) is 20.8 Å². The Hall–Kier alpha value is -1.05. The van der Waals surface area contributed by atoms with Gasteiger partial charge in [0.15, 0.2) is 5.11 Å². The molecule has 0 unspecified atom stereocenters. The summed E-state index contributed by atoms with van der Waals surface area (Å²) in [5, 5.41) is 0.185. The molecule has 0 aliphatic heterocycles. The van der Waals surface area contributed by atoms with E-state index in [1.807, 2.05) is 0 Å². The number of aryl methyl sites for hydroxylation is 1. The number of anilines is 1. The number of thiocarbonyl (C=S) groups is 1. The van der Waals surface area contributed by atoms with Crippen molar-refractivity contribution in [3.05, 3.63) is 22.7 Å². The second kappa shape index (κ2) is 5.52. The summed E-state index contributed by atoms with van der Waals surface area (Å²) in [6.45, 7) is 5.05. The molecule has 1 rings (SSSR count). The van der Waals surface area contributed by atoms with Crippen molar-refractivity contribution in [2.75, 3.05) is 5.73 Å². The number of sulfonamides is 1. The van der Waals surface area contributed by atoms with E-state index in [1.165, 1.54) is 12.1 Å². The molecule has 0 saturated heterocycles. The van der Waals surface area contributed by atoms with Crippen LogP contribution in [0.3, 0.4) is 0 Å². The molecule has 106 valence electrons. The minimum Gasteiger partial charge on any atom is -0.398 e. The molecule has 0 fully saturated rings. The Kier molecular flexibility index (Phi) is 4.65. The van der Waals surface area contributed by atoms with Crippen LogP contribution < -0.4 is 11.5 Å². The highest BCUT2D eigenvalue weighted by Crippen LogP contribution is 2.29. The van der Waals surface area contributed by atoms with Gasteiger partial charge in [-0.05, 0) is 50.7 Å². The lowest BCUT2D eigenvalue weighted by Gasteiger charge is -2.27. The van der Waals surface area contributed by atoms with Crippen LogP contribution in [0.4, 0.5) is 5.69 Å². The average molecular weight is 322 g/mol. The molecule has 0 bridgehead atoms. The number of nitrogens with zero attached hydrogens (tertiary/aromatic N) is 1. The minimum absolute atomic E-state index is 0.0455. The van der Waals surface area contributed by atoms with Gasteiger partial charge in [0.2, 0.25) is 0 Å². The zero-order chi connectivity index (χ0) is 15.0. The molecule has 8 heteroatoms. The van der Waals surface area contributed by atoms with E-state index in [-0.39, 0.29) is 15.7 Å². The lowest BCUT2D eigenvalue weighted by atomic mass is 10.2. The zero-order valence-corrected chi connectivity index (χ0v) is 13.2. The Labute approximate surface area is 123 Å². The third kappa shape index (κ3) is 3.10. The summed E-state index contributed by atoms with van der Waals surface area (Å²) < 4.78 is 26.0. The van der Waals surface area contributed by atoms with Crippen molar-refractivity contribution in [1.29, 1.82) is 0 Å². The molecule has 1 aromatic carbocycles. The number of benzene rings is 1. The highest BCUT2D eigenvalue weighted by molar-refractivity contribution is 7.91. The number of nitrogen functional groups attached to an aromatic ring is 1. The molecular weight excluding hydrogens is 306 g/mol. The van der Waals surface area contributed by atoms with Crippen molar-refractivity contribution in [2.45, 2.75) is 31.7 Å². The van der Waals surface area contributed by atoms with Crippen molar-refractivity contribution in [1.82, 2.24) is 4.31 Å². The molecule has 0 spiro atoms. The molecule has 0 radical (unpaired) electrons. The van der Waals surface area contributed by atoms with E-state index in [0.29, 0.717) is 10.6 Å². The van der Waals surface area contributed by atoms with Crippen molar-refractivity contribution >= 4 is 44.6 Å². The summed E-state index contributed by atoms with van der Waals surface area (Å²) in [4.78, 5) is -0.0455. The van der Waals surface area contributed by atoms with E-state index in [4.69, 9.17) is 35.3 Å². The van der Waals surface area contributed by atoms with Crippen LogP contribution in [-0.2, 0) is 10.0 Å². The Morgan fingerprint density at radius 3 is 2.37 bits per heavy atom. The first kappa shape index (κ1) is 16.0. The SMILES string of the molecule is Cc1cc(S(=O)(=O)N(C(N)=S)C(C)C)c(N)cc1Cl. The maximum atomic E-state index is 12.5. The van der Waals surface area contributed by atoms with Gasteiger partial charge in [-0.1, -0.05) is 11.6 Å². The predicted octanol–water partition coefficient (Wildman–Crippen LogP) is 1.87. The van der Waals surface area contributed by atoms with E-state index >= 15 is 0 Å². The van der Waals surface area contributed by atoms with Gasteiger partial charge in [-0.2, -0.15) is 0 Å². The van der Waals surface area contributed by atoms with Crippen molar-refractivity contribution in [2.24, 2.45) is 5.73 Å². The predicted molar refractivity (Wildman–Crippen MR) is 81.5 cm³/mol. The van der Waals surface area contributed by atoms with Crippen molar-refractivity contribution in [3.8, 4) is 0 Å². The second-order valence-electron chi connectivity index (χ2n) is 4.37. The van der Waals surface area contributed by atoms with Crippen LogP contribution in [0.2, 0.25) is 5.02 Å². The van der Waals surface area contributed by atoms with E-state index in [2.05, 4.69) is 0 Å². The summed E-state index contributed by atoms with van der Waals surface area (Å²) in [5.41, 5.74) is 11.9. The van der Waals surface area contributed by atoms with Crippen LogP contribution in [0.5, 0.6) is 0 Å². The van der Waals surface area contributed by atoms with Gasteiger partial charge in [0.1, 0.15) is 4.90 Å². The third-order valence-corrected chi connectivity index (χ3v) is 5.28. The Bertz CT molecular complexity index is 615. The van der Waals surface area contributed by atoms with Gasteiger partial charge >= 0.3 is 0 Å². The van der Waals surface area contributed by atoms with Crippen LogP contribution in [-0.4, -0.2) is 23.9 Å². The number of rotatable bonds is 3. The maximum absolute atomic E-state index is 12.5. The standard InChI is InChI=1S/C11H16ClN3O2S2/c1-6(2)15(11(14)18)19(16,17)10-4-7(3)8(12)5-9(10)13/h4-6H,13H2,1-3H3,(H2,14,18). The van der Waals surface area contributed by atoms with Crippen LogP contribution in [0, 0.1) is 6.92 Å². The molecule has 0 saturated carbocycles. The number of hydrogen-bond donors (Lipinski definition) is 2. The van der Waals surface area contributed by atoms with Gasteiger partial charge in [0, 0.05) is 11.1 Å². The molecular formula is C11H16ClN3O2S2. The first-order chi connectivity index (χ1) is 8.59. The molecule has 0 heterocycles. The average Bonchev–Trinajstić information content (AvgIpc) is 2.21.